The number of benzene rings is 2. The van der Waals surface area contributed by atoms with Crippen molar-refractivity contribution in [1.29, 1.82) is 0 Å². The van der Waals surface area contributed by atoms with E-state index in [-0.39, 0.29) is 11.6 Å². The van der Waals surface area contributed by atoms with Gasteiger partial charge in [0.2, 0.25) is 0 Å². The Hall–Kier alpha value is -2.60. The molecule has 0 atom stereocenters. The molecule has 0 unspecified atom stereocenters. The van der Waals surface area contributed by atoms with Crippen molar-refractivity contribution in [3.8, 4) is 0 Å². The molecule has 0 spiro atoms. The van der Waals surface area contributed by atoms with Gasteiger partial charge in [0.1, 0.15) is 0 Å². The summed E-state index contributed by atoms with van der Waals surface area (Å²) in [6.45, 7) is 0.316. The minimum atomic E-state index is -0.972. The van der Waals surface area contributed by atoms with Crippen LogP contribution in [0.3, 0.4) is 0 Å². The van der Waals surface area contributed by atoms with Crippen molar-refractivity contribution in [2.24, 2.45) is 0 Å². The van der Waals surface area contributed by atoms with Gasteiger partial charge in [0.25, 0.3) is 0 Å². The first-order valence-corrected chi connectivity index (χ1v) is 7.62. The highest BCUT2D eigenvalue weighted by Crippen LogP contribution is 2.12. The molecule has 2 amide bonds. The summed E-state index contributed by atoms with van der Waals surface area (Å²) in [6, 6.07) is 13.7. The van der Waals surface area contributed by atoms with Gasteiger partial charge < -0.3 is 15.7 Å². The lowest BCUT2D eigenvalue weighted by molar-refractivity contribution is 0.0697. The van der Waals surface area contributed by atoms with Crippen molar-refractivity contribution >= 4 is 34.0 Å². The van der Waals surface area contributed by atoms with Crippen LogP contribution >= 0.6 is 15.9 Å². The Morgan fingerprint density at radius 3 is 2.52 bits per heavy atom. The van der Waals surface area contributed by atoms with E-state index in [1.165, 1.54) is 12.1 Å². The predicted molar refractivity (Wildman–Crippen MR) is 91.9 cm³/mol. The molecule has 6 heteroatoms. The second-order valence-corrected chi connectivity index (χ2v) is 5.63. The number of hydrogen-bond donors (Lipinski definition) is 3. The Labute approximate surface area is 142 Å². The highest BCUT2D eigenvalue weighted by Gasteiger charge is 2.02. The molecule has 0 radical (unpaired) electrons. The van der Waals surface area contributed by atoms with Crippen LogP contribution in [0.15, 0.2) is 59.2 Å². The number of carboxylic acid groups (broad SMARTS) is 1. The van der Waals surface area contributed by atoms with Gasteiger partial charge in [-0.25, -0.2) is 9.59 Å². The topological polar surface area (TPSA) is 78.4 Å². The number of carboxylic acids is 1. The fourth-order valence-electron chi connectivity index (χ4n) is 1.82. The second-order valence-electron chi connectivity index (χ2n) is 4.72. The fraction of sp³-hybridized carbons (Fsp3) is 0.0588. The van der Waals surface area contributed by atoms with Crippen LogP contribution in [0, 0.1) is 0 Å². The van der Waals surface area contributed by atoms with Crippen LogP contribution in [-0.4, -0.2) is 17.1 Å². The molecule has 0 fully saturated rings. The quantitative estimate of drug-likeness (QED) is 0.747. The van der Waals surface area contributed by atoms with Crippen molar-refractivity contribution in [3.63, 3.8) is 0 Å². The standard InChI is InChI=1S/C17H15BrN2O3/c18-15-3-1-2-12(10-15)8-9-19-17(23)20-11-13-4-6-14(7-5-13)16(21)22/h1-10H,11H2,(H,21,22)(H2,19,20,23)/b9-8+. The normalized spacial score (nSPS) is 10.5. The van der Waals surface area contributed by atoms with E-state index in [1.807, 2.05) is 24.3 Å². The van der Waals surface area contributed by atoms with E-state index in [4.69, 9.17) is 5.11 Å². The molecule has 0 saturated carbocycles. The Morgan fingerprint density at radius 2 is 1.87 bits per heavy atom. The lowest BCUT2D eigenvalue weighted by atomic mass is 10.1. The molecule has 5 nitrogen and oxygen atoms in total. The van der Waals surface area contributed by atoms with Gasteiger partial charge in [-0.15, -0.1) is 0 Å². The molecule has 0 saturated heterocycles. The van der Waals surface area contributed by atoms with E-state index in [1.54, 1.807) is 24.4 Å². The SMILES string of the molecule is O=C(N/C=C/c1cccc(Br)c1)NCc1ccc(C(=O)O)cc1. The minimum absolute atomic E-state index is 0.218. The van der Waals surface area contributed by atoms with Crippen molar-refractivity contribution < 1.29 is 14.7 Å². The summed E-state index contributed by atoms with van der Waals surface area (Å²) in [5.74, 6) is -0.972. The third-order valence-corrected chi connectivity index (χ3v) is 3.49. The number of halogens is 1. The summed E-state index contributed by atoms with van der Waals surface area (Å²) < 4.78 is 0.967. The Kier molecular flexibility index (Phi) is 5.94. The summed E-state index contributed by atoms with van der Waals surface area (Å²) in [5, 5.41) is 14.1. The summed E-state index contributed by atoms with van der Waals surface area (Å²) in [4.78, 5) is 22.4. The van der Waals surface area contributed by atoms with Gasteiger partial charge in [0.05, 0.1) is 5.56 Å². The molecule has 118 valence electrons. The first kappa shape index (κ1) is 16.8. The number of nitrogens with one attached hydrogen (secondary N) is 2. The number of carbonyl (C=O) groups excluding carboxylic acids is 1. The predicted octanol–water partition coefficient (Wildman–Crippen LogP) is 3.62. The third-order valence-electron chi connectivity index (χ3n) is 2.99. The van der Waals surface area contributed by atoms with Crippen LogP contribution in [0.5, 0.6) is 0 Å². The zero-order chi connectivity index (χ0) is 16.7. The highest BCUT2D eigenvalue weighted by atomic mass is 79.9. The van der Waals surface area contributed by atoms with Crippen LogP contribution in [0.1, 0.15) is 21.5 Å². The van der Waals surface area contributed by atoms with E-state index in [2.05, 4.69) is 26.6 Å². The number of aromatic carboxylic acids is 1. The van der Waals surface area contributed by atoms with E-state index in [9.17, 15) is 9.59 Å². The molecule has 2 rings (SSSR count). The lowest BCUT2D eigenvalue weighted by Gasteiger charge is -2.05. The van der Waals surface area contributed by atoms with Gasteiger partial charge >= 0.3 is 12.0 Å². The van der Waals surface area contributed by atoms with Crippen LogP contribution in [0.4, 0.5) is 4.79 Å². The van der Waals surface area contributed by atoms with Gasteiger partial charge in [0, 0.05) is 17.2 Å². The second kappa shape index (κ2) is 8.14. The summed E-state index contributed by atoms with van der Waals surface area (Å²) in [6.07, 6.45) is 3.34. The Bertz CT molecular complexity index is 727. The molecular formula is C17H15BrN2O3. The van der Waals surface area contributed by atoms with Gasteiger partial charge in [-0.1, -0.05) is 40.2 Å². The maximum absolute atomic E-state index is 11.7. The fourth-order valence-corrected chi connectivity index (χ4v) is 2.24. The molecule has 3 N–H and O–H groups in total. The number of amides is 2. The van der Waals surface area contributed by atoms with Crippen LogP contribution in [0.25, 0.3) is 6.08 Å². The van der Waals surface area contributed by atoms with Crippen molar-refractivity contribution in [3.05, 3.63) is 75.9 Å². The highest BCUT2D eigenvalue weighted by molar-refractivity contribution is 9.10. The number of rotatable bonds is 5. The van der Waals surface area contributed by atoms with Crippen LogP contribution < -0.4 is 10.6 Å². The van der Waals surface area contributed by atoms with Crippen LogP contribution in [-0.2, 0) is 6.54 Å². The monoisotopic (exact) mass is 374 g/mol. The first-order valence-electron chi connectivity index (χ1n) is 6.83. The number of urea groups is 1. The molecule has 2 aromatic carbocycles. The first-order chi connectivity index (χ1) is 11.0. The van der Waals surface area contributed by atoms with E-state index < -0.39 is 5.97 Å². The van der Waals surface area contributed by atoms with Crippen LogP contribution in [0.2, 0.25) is 0 Å². The molecule has 0 heterocycles. The number of carbonyl (C=O) groups is 2. The molecule has 0 bridgehead atoms. The number of hydrogen-bond acceptors (Lipinski definition) is 2. The smallest absolute Gasteiger partial charge is 0.335 e. The molecule has 23 heavy (non-hydrogen) atoms. The summed E-state index contributed by atoms with van der Waals surface area (Å²) >= 11 is 3.38. The molecule has 0 aromatic heterocycles. The molecule has 0 aliphatic carbocycles. The van der Waals surface area contributed by atoms with Gasteiger partial charge in [0.15, 0.2) is 0 Å². The average molecular weight is 375 g/mol. The van der Waals surface area contributed by atoms with Gasteiger partial charge in [-0.05, 0) is 41.5 Å². The van der Waals surface area contributed by atoms with E-state index in [0.29, 0.717) is 6.54 Å². The summed E-state index contributed by atoms with van der Waals surface area (Å²) in [7, 11) is 0. The minimum Gasteiger partial charge on any atom is -0.478 e. The Balaban J connectivity index is 1.79. The maximum atomic E-state index is 11.7. The van der Waals surface area contributed by atoms with Crippen molar-refractivity contribution in [1.82, 2.24) is 10.6 Å². The molecular weight excluding hydrogens is 360 g/mol. The zero-order valence-electron chi connectivity index (χ0n) is 12.1. The maximum Gasteiger partial charge on any atom is 0.335 e. The van der Waals surface area contributed by atoms with E-state index in [0.717, 1.165) is 15.6 Å². The van der Waals surface area contributed by atoms with Crippen molar-refractivity contribution in [2.45, 2.75) is 6.54 Å². The Morgan fingerprint density at radius 1 is 1.13 bits per heavy atom. The van der Waals surface area contributed by atoms with E-state index >= 15 is 0 Å². The largest absolute Gasteiger partial charge is 0.478 e. The van der Waals surface area contributed by atoms with Gasteiger partial charge in [-0.3, -0.25) is 0 Å². The lowest BCUT2D eigenvalue weighted by Crippen LogP contribution is -2.31. The van der Waals surface area contributed by atoms with Crippen molar-refractivity contribution in [2.75, 3.05) is 0 Å². The third kappa shape index (κ3) is 5.60. The summed E-state index contributed by atoms with van der Waals surface area (Å²) in [5.41, 5.74) is 2.00. The molecule has 0 aliphatic heterocycles. The molecule has 2 aromatic rings. The van der Waals surface area contributed by atoms with Gasteiger partial charge in [-0.2, -0.15) is 0 Å². The zero-order valence-corrected chi connectivity index (χ0v) is 13.7. The molecule has 0 aliphatic rings. The average Bonchev–Trinajstić information content (AvgIpc) is 2.53.